The van der Waals surface area contributed by atoms with Gasteiger partial charge in [-0.1, -0.05) is 20.8 Å². The number of rotatable bonds is 3. The zero-order chi connectivity index (χ0) is 14.0. The minimum atomic E-state index is -0.259. The Hall–Kier alpha value is -1.69. The van der Waals surface area contributed by atoms with Gasteiger partial charge in [-0.05, 0) is 29.3 Å². The molecule has 0 bridgehead atoms. The van der Waals surface area contributed by atoms with Crippen molar-refractivity contribution in [3.63, 3.8) is 0 Å². The van der Waals surface area contributed by atoms with Crippen molar-refractivity contribution in [1.29, 1.82) is 0 Å². The number of H-pyrrole nitrogens is 1. The van der Waals surface area contributed by atoms with Gasteiger partial charge in [0.15, 0.2) is 0 Å². The molecule has 0 saturated heterocycles. The molecular weight excluding hydrogens is 260 g/mol. The summed E-state index contributed by atoms with van der Waals surface area (Å²) in [5.41, 5.74) is 0.940. The van der Waals surface area contributed by atoms with Gasteiger partial charge in [-0.25, -0.2) is 4.98 Å². The molecule has 19 heavy (non-hydrogen) atoms. The Bertz CT molecular complexity index is 553. The molecule has 1 unspecified atom stereocenters. The summed E-state index contributed by atoms with van der Waals surface area (Å²) in [6, 6.07) is 1.95. The van der Waals surface area contributed by atoms with Crippen LogP contribution in [0.4, 0.5) is 0 Å². The fourth-order valence-corrected chi connectivity index (χ4v) is 2.32. The predicted molar refractivity (Wildman–Crippen MR) is 75.3 cm³/mol. The average Bonchev–Trinajstić information content (AvgIpc) is 3.00. The van der Waals surface area contributed by atoms with Crippen LogP contribution in [0.15, 0.2) is 16.8 Å². The molecule has 0 fully saturated rings. The molecule has 2 rings (SSSR count). The molecule has 0 spiro atoms. The predicted octanol–water partition coefficient (Wildman–Crippen LogP) is 2.65. The van der Waals surface area contributed by atoms with E-state index >= 15 is 0 Å². The fraction of sp³-hybridized carbons (Fsp3) is 0.462. The first kappa shape index (κ1) is 13.7. The van der Waals surface area contributed by atoms with Gasteiger partial charge in [-0.15, -0.1) is 5.10 Å². The van der Waals surface area contributed by atoms with Crippen molar-refractivity contribution in [1.82, 2.24) is 20.5 Å². The van der Waals surface area contributed by atoms with Crippen LogP contribution < -0.4 is 5.32 Å². The minimum absolute atomic E-state index is 0.0460. The van der Waals surface area contributed by atoms with Crippen LogP contribution >= 0.6 is 11.3 Å². The van der Waals surface area contributed by atoms with Crippen LogP contribution in [-0.2, 0) is 5.41 Å². The molecule has 2 N–H and O–H groups in total. The lowest BCUT2D eigenvalue weighted by Gasteiger charge is -2.13. The number of aromatic nitrogens is 3. The molecule has 0 aromatic carbocycles. The van der Waals surface area contributed by atoms with E-state index in [0.717, 1.165) is 5.56 Å². The number of carbonyl (C=O) groups excluding carboxylic acids is 1. The molecule has 0 aliphatic rings. The smallest absolute Gasteiger partial charge is 0.291 e. The molecule has 0 aliphatic carbocycles. The summed E-state index contributed by atoms with van der Waals surface area (Å²) in [6.07, 6.45) is 0. The van der Waals surface area contributed by atoms with E-state index in [1.165, 1.54) is 0 Å². The molecule has 0 aliphatic heterocycles. The van der Waals surface area contributed by atoms with Crippen molar-refractivity contribution < 1.29 is 4.79 Å². The van der Waals surface area contributed by atoms with Crippen LogP contribution in [0.1, 0.15) is 55.7 Å². The highest BCUT2D eigenvalue weighted by Crippen LogP contribution is 2.18. The first-order chi connectivity index (χ1) is 8.88. The van der Waals surface area contributed by atoms with Crippen molar-refractivity contribution >= 4 is 17.2 Å². The largest absolute Gasteiger partial charge is 0.343 e. The van der Waals surface area contributed by atoms with Gasteiger partial charge < -0.3 is 5.32 Å². The molecule has 2 aromatic heterocycles. The van der Waals surface area contributed by atoms with Gasteiger partial charge in [0.2, 0.25) is 5.82 Å². The van der Waals surface area contributed by atoms with E-state index in [-0.39, 0.29) is 23.2 Å². The maximum absolute atomic E-state index is 12.0. The monoisotopic (exact) mass is 278 g/mol. The summed E-state index contributed by atoms with van der Waals surface area (Å²) < 4.78 is 0. The lowest BCUT2D eigenvalue weighted by molar-refractivity contribution is 0.0929. The lowest BCUT2D eigenvalue weighted by atomic mass is 9.96. The summed E-state index contributed by atoms with van der Waals surface area (Å²) in [5, 5.41) is 13.7. The lowest BCUT2D eigenvalue weighted by Crippen LogP contribution is -2.27. The second-order valence-electron chi connectivity index (χ2n) is 5.51. The van der Waals surface area contributed by atoms with Gasteiger partial charge >= 0.3 is 0 Å². The Balaban J connectivity index is 2.06. The van der Waals surface area contributed by atoms with Crippen molar-refractivity contribution in [2.45, 2.75) is 39.2 Å². The molecule has 2 heterocycles. The Morgan fingerprint density at radius 2 is 2.21 bits per heavy atom. The van der Waals surface area contributed by atoms with Gasteiger partial charge in [-0.3, -0.25) is 9.89 Å². The van der Waals surface area contributed by atoms with Crippen LogP contribution in [0.3, 0.4) is 0 Å². The zero-order valence-electron chi connectivity index (χ0n) is 11.5. The van der Waals surface area contributed by atoms with Gasteiger partial charge in [0.1, 0.15) is 5.82 Å². The molecule has 5 nitrogen and oxygen atoms in total. The summed E-state index contributed by atoms with van der Waals surface area (Å²) >= 11 is 1.61. The summed E-state index contributed by atoms with van der Waals surface area (Å²) in [4.78, 5) is 16.3. The van der Waals surface area contributed by atoms with E-state index < -0.39 is 0 Å². The molecule has 102 valence electrons. The van der Waals surface area contributed by atoms with Crippen LogP contribution in [0.2, 0.25) is 0 Å². The quantitative estimate of drug-likeness (QED) is 0.906. The number of hydrogen-bond donors (Lipinski definition) is 2. The third-order valence-electron chi connectivity index (χ3n) is 2.79. The number of aromatic amines is 1. The van der Waals surface area contributed by atoms with Crippen molar-refractivity contribution in [3.8, 4) is 0 Å². The van der Waals surface area contributed by atoms with Gasteiger partial charge in [0, 0.05) is 5.41 Å². The Labute approximate surface area is 116 Å². The number of carbonyl (C=O) groups is 1. The van der Waals surface area contributed by atoms with E-state index in [0.29, 0.717) is 5.82 Å². The highest BCUT2D eigenvalue weighted by atomic mass is 32.1. The second kappa shape index (κ2) is 5.13. The van der Waals surface area contributed by atoms with E-state index in [2.05, 4.69) is 20.5 Å². The molecular formula is C13H18N4OS. The minimum Gasteiger partial charge on any atom is -0.343 e. The van der Waals surface area contributed by atoms with Gasteiger partial charge in [-0.2, -0.15) is 11.3 Å². The van der Waals surface area contributed by atoms with E-state index in [4.69, 9.17) is 0 Å². The van der Waals surface area contributed by atoms with E-state index in [1.54, 1.807) is 11.3 Å². The average molecular weight is 278 g/mol. The van der Waals surface area contributed by atoms with Crippen molar-refractivity contribution in [2.75, 3.05) is 0 Å². The summed E-state index contributed by atoms with van der Waals surface area (Å²) in [5.74, 6) is 0.637. The molecule has 1 amide bonds. The van der Waals surface area contributed by atoms with Crippen LogP contribution in [0, 0.1) is 0 Å². The van der Waals surface area contributed by atoms with Gasteiger partial charge in [0.25, 0.3) is 5.91 Å². The summed E-state index contributed by atoms with van der Waals surface area (Å²) in [6.45, 7) is 7.99. The second-order valence-corrected chi connectivity index (χ2v) is 6.29. The maximum Gasteiger partial charge on any atom is 0.291 e. The van der Waals surface area contributed by atoms with Crippen molar-refractivity contribution in [2.24, 2.45) is 0 Å². The highest BCUT2D eigenvalue weighted by Gasteiger charge is 2.22. The Kier molecular flexibility index (Phi) is 3.71. The molecule has 1 atom stereocenters. The number of thiophene rings is 1. The molecule has 2 aromatic rings. The first-order valence-electron chi connectivity index (χ1n) is 6.14. The van der Waals surface area contributed by atoms with E-state index in [9.17, 15) is 4.79 Å². The number of amides is 1. The normalized spacial score (nSPS) is 13.3. The van der Waals surface area contributed by atoms with Crippen LogP contribution in [-0.4, -0.2) is 21.1 Å². The van der Waals surface area contributed by atoms with E-state index in [1.807, 2.05) is 44.5 Å². The number of nitrogens with one attached hydrogen (secondary N) is 2. The Morgan fingerprint density at radius 3 is 2.74 bits per heavy atom. The molecule has 6 heteroatoms. The zero-order valence-corrected chi connectivity index (χ0v) is 12.3. The van der Waals surface area contributed by atoms with Crippen LogP contribution in [0.5, 0.6) is 0 Å². The van der Waals surface area contributed by atoms with Gasteiger partial charge in [0.05, 0.1) is 6.04 Å². The molecule has 0 radical (unpaired) electrons. The number of hydrogen-bond acceptors (Lipinski definition) is 4. The van der Waals surface area contributed by atoms with Crippen molar-refractivity contribution in [3.05, 3.63) is 34.0 Å². The molecule has 0 saturated carbocycles. The highest BCUT2D eigenvalue weighted by molar-refractivity contribution is 7.07. The summed E-state index contributed by atoms with van der Waals surface area (Å²) in [7, 11) is 0. The number of nitrogens with zero attached hydrogens (tertiary/aromatic N) is 2. The van der Waals surface area contributed by atoms with Crippen LogP contribution in [0.25, 0.3) is 0 Å². The topological polar surface area (TPSA) is 70.7 Å². The first-order valence-corrected chi connectivity index (χ1v) is 7.08. The third kappa shape index (κ3) is 3.20. The Morgan fingerprint density at radius 1 is 1.47 bits per heavy atom. The third-order valence-corrected chi connectivity index (χ3v) is 3.49. The standard InChI is InChI=1S/C13H18N4OS/c1-8(9-5-6-19-7-9)14-11(18)10-15-12(17-16-10)13(2,3)4/h5-8H,1-4H3,(H,14,18)(H,15,16,17). The fourth-order valence-electron chi connectivity index (χ4n) is 1.56. The maximum atomic E-state index is 12.0. The SMILES string of the molecule is CC(NC(=O)c1n[nH]c(C(C)(C)C)n1)c1ccsc1.